The van der Waals surface area contributed by atoms with Gasteiger partial charge in [-0.15, -0.1) is 11.3 Å². The van der Waals surface area contributed by atoms with Crippen LogP contribution in [0.4, 0.5) is 0 Å². The number of unbranched alkanes of at least 4 members (excludes halogenated alkanes) is 7. The van der Waals surface area contributed by atoms with Gasteiger partial charge in [0.1, 0.15) is 0 Å². The summed E-state index contributed by atoms with van der Waals surface area (Å²) in [5.41, 5.74) is 3.14. The number of rotatable bonds is 12. The minimum Gasteiger partial charge on any atom is -0.316 e. The summed E-state index contributed by atoms with van der Waals surface area (Å²) in [6.07, 6.45) is 12.3. The Hall–Kier alpha value is -0.410. The minimum absolute atomic E-state index is 1.07. The molecule has 3 heteroatoms. The van der Waals surface area contributed by atoms with Gasteiger partial charge in [0.2, 0.25) is 0 Å². The van der Waals surface area contributed by atoms with Crippen molar-refractivity contribution in [2.75, 3.05) is 13.1 Å². The Labute approximate surface area is 116 Å². The second-order valence-corrected chi connectivity index (χ2v) is 5.67. The van der Waals surface area contributed by atoms with Crippen LogP contribution in [0.2, 0.25) is 0 Å². The Morgan fingerprint density at radius 1 is 1.00 bits per heavy atom. The van der Waals surface area contributed by atoms with Crippen LogP contribution >= 0.6 is 11.3 Å². The van der Waals surface area contributed by atoms with Crippen molar-refractivity contribution in [3.05, 3.63) is 16.6 Å². The highest BCUT2D eigenvalue weighted by molar-refractivity contribution is 7.07. The highest BCUT2D eigenvalue weighted by atomic mass is 32.1. The number of aromatic nitrogens is 1. The first-order valence-corrected chi connectivity index (χ1v) is 8.45. The van der Waals surface area contributed by atoms with Gasteiger partial charge in [-0.3, -0.25) is 0 Å². The molecular formula is C15H28N2S. The molecule has 104 valence electrons. The van der Waals surface area contributed by atoms with Gasteiger partial charge in [-0.2, -0.15) is 0 Å². The summed E-state index contributed by atoms with van der Waals surface area (Å²) in [5.74, 6) is 0. The van der Waals surface area contributed by atoms with Crippen molar-refractivity contribution in [1.29, 1.82) is 0 Å². The number of hydrogen-bond donors (Lipinski definition) is 1. The van der Waals surface area contributed by atoms with E-state index in [1.165, 1.54) is 63.6 Å². The van der Waals surface area contributed by atoms with Crippen LogP contribution in [0.25, 0.3) is 0 Å². The molecule has 0 aliphatic carbocycles. The molecule has 0 unspecified atom stereocenters. The van der Waals surface area contributed by atoms with Gasteiger partial charge in [-0.25, -0.2) is 4.98 Å². The van der Waals surface area contributed by atoms with E-state index in [1.807, 2.05) is 5.51 Å². The van der Waals surface area contributed by atoms with Crippen LogP contribution in [-0.2, 0) is 6.42 Å². The summed E-state index contributed by atoms with van der Waals surface area (Å²) in [7, 11) is 0. The van der Waals surface area contributed by atoms with E-state index in [-0.39, 0.29) is 0 Å². The molecule has 0 aliphatic rings. The standard InChI is InChI=1S/C15H28N2S/c1-2-3-4-5-6-7-8-9-11-16-12-10-15-13-18-14-17-15/h13-14,16H,2-12H2,1H3. The third-order valence-corrected chi connectivity index (χ3v) is 3.88. The molecule has 0 radical (unpaired) electrons. The third-order valence-electron chi connectivity index (χ3n) is 3.25. The molecule has 18 heavy (non-hydrogen) atoms. The van der Waals surface area contributed by atoms with Gasteiger partial charge in [-0.05, 0) is 13.0 Å². The number of hydrogen-bond acceptors (Lipinski definition) is 3. The summed E-state index contributed by atoms with van der Waals surface area (Å²) in [4.78, 5) is 4.28. The van der Waals surface area contributed by atoms with Crippen molar-refractivity contribution in [1.82, 2.24) is 10.3 Å². The summed E-state index contributed by atoms with van der Waals surface area (Å²) < 4.78 is 0. The van der Waals surface area contributed by atoms with Crippen LogP contribution in [0, 0.1) is 0 Å². The van der Waals surface area contributed by atoms with Crippen LogP contribution < -0.4 is 5.32 Å². The van der Waals surface area contributed by atoms with E-state index in [2.05, 4.69) is 22.6 Å². The SMILES string of the molecule is CCCCCCCCCCNCCc1cscn1. The molecule has 1 aromatic heterocycles. The van der Waals surface area contributed by atoms with Crippen molar-refractivity contribution in [2.45, 2.75) is 64.7 Å². The van der Waals surface area contributed by atoms with Crippen molar-refractivity contribution >= 4 is 11.3 Å². The summed E-state index contributed by atoms with van der Waals surface area (Å²) >= 11 is 1.68. The lowest BCUT2D eigenvalue weighted by Gasteiger charge is -2.04. The van der Waals surface area contributed by atoms with E-state index in [4.69, 9.17) is 0 Å². The van der Waals surface area contributed by atoms with E-state index in [1.54, 1.807) is 11.3 Å². The first-order valence-electron chi connectivity index (χ1n) is 7.51. The molecule has 0 saturated heterocycles. The fourth-order valence-electron chi connectivity index (χ4n) is 2.09. The zero-order valence-corrected chi connectivity index (χ0v) is 12.6. The Bertz CT molecular complexity index is 259. The Morgan fingerprint density at radius 3 is 2.39 bits per heavy atom. The maximum atomic E-state index is 4.28. The highest BCUT2D eigenvalue weighted by Crippen LogP contribution is 2.07. The number of nitrogens with zero attached hydrogens (tertiary/aromatic N) is 1. The van der Waals surface area contributed by atoms with E-state index >= 15 is 0 Å². The molecule has 1 aromatic rings. The number of thiazole rings is 1. The van der Waals surface area contributed by atoms with Gasteiger partial charge in [0.15, 0.2) is 0 Å². The van der Waals surface area contributed by atoms with Gasteiger partial charge >= 0.3 is 0 Å². The zero-order chi connectivity index (χ0) is 12.9. The van der Waals surface area contributed by atoms with Crippen LogP contribution in [-0.4, -0.2) is 18.1 Å². The third kappa shape index (κ3) is 8.65. The van der Waals surface area contributed by atoms with E-state index < -0.39 is 0 Å². The molecule has 0 spiro atoms. The predicted molar refractivity (Wildman–Crippen MR) is 81.3 cm³/mol. The van der Waals surface area contributed by atoms with Crippen LogP contribution in [0.15, 0.2) is 10.9 Å². The fraction of sp³-hybridized carbons (Fsp3) is 0.800. The molecular weight excluding hydrogens is 240 g/mol. The lowest BCUT2D eigenvalue weighted by Crippen LogP contribution is -2.18. The highest BCUT2D eigenvalue weighted by Gasteiger charge is 1.94. The van der Waals surface area contributed by atoms with E-state index in [0.717, 1.165) is 13.0 Å². The smallest absolute Gasteiger partial charge is 0.0794 e. The van der Waals surface area contributed by atoms with Gasteiger partial charge < -0.3 is 5.32 Å². The summed E-state index contributed by atoms with van der Waals surface area (Å²) in [6.45, 7) is 4.51. The van der Waals surface area contributed by atoms with Gasteiger partial charge in [0, 0.05) is 18.3 Å². The second kappa shape index (κ2) is 11.7. The molecule has 1 N–H and O–H groups in total. The number of nitrogens with one attached hydrogen (secondary N) is 1. The summed E-state index contributed by atoms with van der Waals surface area (Å²) in [5, 5.41) is 5.64. The summed E-state index contributed by atoms with van der Waals surface area (Å²) in [6, 6.07) is 0. The van der Waals surface area contributed by atoms with Gasteiger partial charge in [-0.1, -0.05) is 51.9 Å². The molecule has 0 amide bonds. The zero-order valence-electron chi connectivity index (χ0n) is 11.8. The van der Waals surface area contributed by atoms with Crippen LogP contribution in [0.1, 0.15) is 64.0 Å². The van der Waals surface area contributed by atoms with Crippen molar-refractivity contribution in [2.24, 2.45) is 0 Å². The average Bonchev–Trinajstić information content (AvgIpc) is 2.89. The van der Waals surface area contributed by atoms with E-state index in [0.29, 0.717) is 0 Å². The fourth-order valence-corrected chi connectivity index (χ4v) is 2.68. The maximum Gasteiger partial charge on any atom is 0.0794 e. The molecule has 0 atom stereocenters. The average molecular weight is 268 g/mol. The maximum absolute atomic E-state index is 4.28. The van der Waals surface area contributed by atoms with Crippen molar-refractivity contribution < 1.29 is 0 Å². The van der Waals surface area contributed by atoms with Gasteiger partial charge in [0.25, 0.3) is 0 Å². The molecule has 0 fully saturated rings. The lowest BCUT2D eigenvalue weighted by molar-refractivity contribution is 0.555. The first-order chi connectivity index (χ1) is 8.93. The first kappa shape index (κ1) is 15.6. The predicted octanol–water partition coefficient (Wildman–Crippen LogP) is 4.42. The van der Waals surface area contributed by atoms with Crippen LogP contribution in [0.5, 0.6) is 0 Å². The quantitative estimate of drug-likeness (QED) is 0.568. The second-order valence-electron chi connectivity index (χ2n) is 4.95. The Balaban J connectivity index is 1.73. The molecule has 2 nitrogen and oxygen atoms in total. The van der Waals surface area contributed by atoms with Crippen LogP contribution in [0.3, 0.4) is 0 Å². The Morgan fingerprint density at radius 2 is 1.72 bits per heavy atom. The molecule has 1 heterocycles. The topological polar surface area (TPSA) is 24.9 Å². The molecule has 0 saturated carbocycles. The molecule has 0 aromatic carbocycles. The van der Waals surface area contributed by atoms with Crippen molar-refractivity contribution in [3.8, 4) is 0 Å². The van der Waals surface area contributed by atoms with Crippen molar-refractivity contribution in [3.63, 3.8) is 0 Å². The minimum atomic E-state index is 1.07. The lowest BCUT2D eigenvalue weighted by atomic mass is 10.1. The normalized spacial score (nSPS) is 10.9. The largest absolute Gasteiger partial charge is 0.316 e. The van der Waals surface area contributed by atoms with E-state index in [9.17, 15) is 0 Å². The van der Waals surface area contributed by atoms with Gasteiger partial charge in [0.05, 0.1) is 11.2 Å². The molecule has 1 rings (SSSR count). The molecule has 0 aliphatic heterocycles. The molecule has 0 bridgehead atoms. The monoisotopic (exact) mass is 268 g/mol. The Kier molecular flexibility index (Phi) is 10.1.